The number of nitrogens with zero attached hydrogens (tertiary/aromatic N) is 2. The molecule has 0 radical (unpaired) electrons. The summed E-state index contributed by atoms with van der Waals surface area (Å²) in [4.78, 5) is 28.2. The lowest BCUT2D eigenvalue weighted by molar-refractivity contribution is -0.140. The fraction of sp³-hybridized carbons (Fsp3) is 0.417. The molecule has 3 rings (SSSR count). The Labute approximate surface area is 183 Å². The molecule has 2 amide bonds. The number of rotatable bonds is 10. The van der Waals surface area contributed by atoms with Crippen molar-refractivity contribution in [2.45, 2.75) is 44.6 Å². The molecule has 160 valence electrons. The minimum atomic E-state index is -0.146. The van der Waals surface area contributed by atoms with E-state index in [4.69, 9.17) is 11.6 Å². The van der Waals surface area contributed by atoms with Gasteiger partial charge in [-0.05, 0) is 42.7 Å². The summed E-state index contributed by atoms with van der Waals surface area (Å²) in [7, 11) is 1.42. The van der Waals surface area contributed by atoms with E-state index in [1.54, 1.807) is 0 Å². The molecule has 0 N–H and O–H groups in total. The van der Waals surface area contributed by atoms with E-state index in [-0.39, 0.29) is 18.0 Å². The van der Waals surface area contributed by atoms with Crippen LogP contribution in [-0.4, -0.2) is 37.1 Å². The molecule has 1 unspecified atom stereocenters. The summed E-state index contributed by atoms with van der Waals surface area (Å²) in [5, 5.41) is 0.658. The summed E-state index contributed by atoms with van der Waals surface area (Å²) in [5.74, 6) is -0.146. The highest BCUT2D eigenvalue weighted by molar-refractivity contribution is 6.30. The number of urea groups is 1. The van der Waals surface area contributed by atoms with Gasteiger partial charge in [0.25, 0.3) is 0 Å². The summed E-state index contributed by atoms with van der Waals surface area (Å²) in [6, 6.07) is 17.6. The third kappa shape index (κ3) is 5.76. The topological polar surface area (TPSA) is 49.9 Å². The number of esters is 1. The first-order valence-corrected chi connectivity index (χ1v) is 10.9. The molecule has 1 aliphatic rings. The second kappa shape index (κ2) is 11.0. The number of carbonyl (C=O) groups is 2. The SMILES string of the molecule is COC(=O)CCCCCCCN1CC(c2ccccc2)N(c2ccc(Cl)cc2)C1=O. The van der Waals surface area contributed by atoms with Crippen LogP contribution in [0.5, 0.6) is 0 Å². The van der Waals surface area contributed by atoms with Gasteiger partial charge in [-0.2, -0.15) is 0 Å². The van der Waals surface area contributed by atoms with E-state index in [1.807, 2.05) is 52.3 Å². The first-order valence-electron chi connectivity index (χ1n) is 10.6. The van der Waals surface area contributed by atoms with Gasteiger partial charge in [0.05, 0.1) is 13.2 Å². The largest absolute Gasteiger partial charge is 0.469 e. The second-order valence-corrected chi connectivity index (χ2v) is 8.03. The van der Waals surface area contributed by atoms with Gasteiger partial charge in [-0.25, -0.2) is 4.79 Å². The molecule has 0 aliphatic carbocycles. The molecule has 1 atom stereocenters. The summed E-state index contributed by atoms with van der Waals surface area (Å²) in [6.07, 6.45) is 5.40. The van der Waals surface area contributed by atoms with Crippen molar-refractivity contribution in [2.75, 3.05) is 25.1 Å². The standard InChI is InChI=1S/C24H29ClN2O3/c1-30-23(28)12-8-3-2-4-9-17-26-18-22(19-10-6-5-7-11-19)27(24(26)29)21-15-13-20(25)14-16-21/h5-7,10-11,13-16,22H,2-4,8-9,12,17-18H2,1H3. The molecule has 2 aromatic carbocycles. The molecule has 0 spiro atoms. The van der Waals surface area contributed by atoms with Gasteiger partial charge in [0.1, 0.15) is 0 Å². The molecule has 2 aromatic rings. The predicted molar refractivity (Wildman–Crippen MR) is 120 cm³/mol. The van der Waals surface area contributed by atoms with Crippen molar-refractivity contribution < 1.29 is 14.3 Å². The monoisotopic (exact) mass is 428 g/mol. The van der Waals surface area contributed by atoms with Gasteiger partial charge in [-0.1, -0.05) is 61.2 Å². The number of amides is 2. The van der Waals surface area contributed by atoms with Crippen molar-refractivity contribution in [1.82, 2.24) is 4.90 Å². The number of ether oxygens (including phenoxy) is 1. The number of unbranched alkanes of at least 4 members (excludes halogenated alkanes) is 4. The lowest BCUT2D eigenvalue weighted by Crippen LogP contribution is -2.33. The first-order chi connectivity index (χ1) is 14.6. The zero-order chi connectivity index (χ0) is 21.3. The van der Waals surface area contributed by atoms with Crippen molar-refractivity contribution in [1.29, 1.82) is 0 Å². The van der Waals surface area contributed by atoms with E-state index >= 15 is 0 Å². The molecule has 1 heterocycles. The minimum Gasteiger partial charge on any atom is -0.469 e. The van der Waals surface area contributed by atoms with Crippen LogP contribution < -0.4 is 4.90 Å². The zero-order valence-electron chi connectivity index (χ0n) is 17.4. The van der Waals surface area contributed by atoms with Gasteiger partial charge < -0.3 is 9.64 Å². The zero-order valence-corrected chi connectivity index (χ0v) is 18.2. The van der Waals surface area contributed by atoms with Crippen LogP contribution in [0.25, 0.3) is 0 Å². The molecule has 1 fully saturated rings. The van der Waals surface area contributed by atoms with Crippen LogP contribution in [0.3, 0.4) is 0 Å². The van der Waals surface area contributed by atoms with Crippen LogP contribution in [0.4, 0.5) is 10.5 Å². The van der Waals surface area contributed by atoms with Crippen LogP contribution >= 0.6 is 11.6 Å². The van der Waals surface area contributed by atoms with Gasteiger partial charge in [0.15, 0.2) is 0 Å². The summed E-state index contributed by atoms with van der Waals surface area (Å²) in [5.41, 5.74) is 2.00. The third-order valence-corrected chi connectivity index (χ3v) is 5.76. The number of benzene rings is 2. The van der Waals surface area contributed by atoms with Gasteiger partial charge in [-0.15, -0.1) is 0 Å². The van der Waals surface area contributed by atoms with Gasteiger partial charge >= 0.3 is 12.0 Å². The Morgan fingerprint density at radius 2 is 1.67 bits per heavy atom. The van der Waals surface area contributed by atoms with Crippen molar-refractivity contribution in [3.05, 3.63) is 65.2 Å². The maximum absolute atomic E-state index is 13.2. The van der Waals surface area contributed by atoms with E-state index in [0.717, 1.165) is 49.9 Å². The number of methoxy groups -OCH3 is 1. The van der Waals surface area contributed by atoms with Gasteiger partial charge in [-0.3, -0.25) is 9.69 Å². The second-order valence-electron chi connectivity index (χ2n) is 7.60. The molecule has 0 aromatic heterocycles. The van der Waals surface area contributed by atoms with Crippen LogP contribution in [0.15, 0.2) is 54.6 Å². The lowest BCUT2D eigenvalue weighted by atomic mass is 10.1. The van der Waals surface area contributed by atoms with Crippen molar-refractivity contribution in [3.8, 4) is 0 Å². The maximum atomic E-state index is 13.2. The van der Waals surface area contributed by atoms with Crippen molar-refractivity contribution in [3.63, 3.8) is 0 Å². The normalized spacial score (nSPS) is 16.2. The van der Waals surface area contributed by atoms with Gasteiger partial charge in [0, 0.05) is 30.2 Å². The maximum Gasteiger partial charge on any atom is 0.325 e. The number of halogens is 1. The van der Waals surface area contributed by atoms with E-state index in [9.17, 15) is 9.59 Å². The van der Waals surface area contributed by atoms with Crippen LogP contribution in [-0.2, 0) is 9.53 Å². The Bertz CT molecular complexity index is 826. The highest BCUT2D eigenvalue weighted by Crippen LogP contribution is 2.35. The van der Waals surface area contributed by atoms with Gasteiger partial charge in [0.2, 0.25) is 0 Å². The fourth-order valence-electron chi connectivity index (χ4n) is 3.87. The molecule has 30 heavy (non-hydrogen) atoms. The molecule has 6 heteroatoms. The van der Waals surface area contributed by atoms with E-state index in [2.05, 4.69) is 16.9 Å². The Balaban J connectivity index is 1.58. The summed E-state index contributed by atoms with van der Waals surface area (Å²) in [6.45, 7) is 1.41. The number of hydrogen-bond donors (Lipinski definition) is 0. The molecule has 1 aliphatic heterocycles. The average molecular weight is 429 g/mol. The van der Waals surface area contributed by atoms with Crippen molar-refractivity contribution >= 4 is 29.3 Å². The van der Waals surface area contributed by atoms with Crippen LogP contribution in [0, 0.1) is 0 Å². The van der Waals surface area contributed by atoms with Crippen LogP contribution in [0.2, 0.25) is 5.02 Å². The molecule has 0 saturated carbocycles. The van der Waals surface area contributed by atoms with Crippen LogP contribution in [0.1, 0.15) is 50.1 Å². The molecular formula is C24H29ClN2O3. The third-order valence-electron chi connectivity index (χ3n) is 5.51. The lowest BCUT2D eigenvalue weighted by Gasteiger charge is -2.23. The highest BCUT2D eigenvalue weighted by atomic mass is 35.5. The molecule has 5 nitrogen and oxygen atoms in total. The first kappa shape index (κ1) is 22.2. The minimum absolute atomic E-state index is 0.0140. The quantitative estimate of drug-likeness (QED) is 0.353. The molecular weight excluding hydrogens is 400 g/mol. The van der Waals surface area contributed by atoms with E-state index in [0.29, 0.717) is 18.0 Å². The Morgan fingerprint density at radius 3 is 2.37 bits per heavy atom. The summed E-state index contributed by atoms with van der Waals surface area (Å²) < 4.78 is 4.66. The van der Waals surface area contributed by atoms with Crippen molar-refractivity contribution in [2.24, 2.45) is 0 Å². The average Bonchev–Trinajstić information content (AvgIpc) is 3.10. The molecule has 0 bridgehead atoms. The fourth-order valence-corrected chi connectivity index (χ4v) is 3.99. The van der Waals surface area contributed by atoms with E-state index in [1.165, 1.54) is 7.11 Å². The Kier molecular flexibility index (Phi) is 8.14. The number of hydrogen-bond acceptors (Lipinski definition) is 3. The number of anilines is 1. The predicted octanol–water partition coefficient (Wildman–Crippen LogP) is 5.84. The summed E-state index contributed by atoms with van der Waals surface area (Å²) >= 11 is 6.04. The van der Waals surface area contributed by atoms with E-state index < -0.39 is 0 Å². The Morgan fingerprint density at radius 1 is 1.00 bits per heavy atom. The number of carbonyl (C=O) groups excluding carboxylic acids is 2. The smallest absolute Gasteiger partial charge is 0.325 e. The highest BCUT2D eigenvalue weighted by Gasteiger charge is 2.38. The molecule has 1 saturated heterocycles. The Hall–Kier alpha value is -2.53.